The molecular weight excluding hydrogens is 282 g/mol. The Morgan fingerprint density at radius 2 is 2.35 bits per heavy atom. The number of nitrogens with zero attached hydrogens (tertiary/aromatic N) is 2. The molecule has 1 saturated carbocycles. The molecule has 0 aliphatic heterocycles. The van der Waals surface area contributed by atoms with Crippen molar-refractivity contribution in [1.82, 2.24) is 9.88 Å². The van der Waals surface area contributed by atoms with Crippen LogP contribution in [-0.4, -0.2) is 36.4 Å². The van der Waals surface area contributed by atoms with Gasteiger partial charge in [0.25, 0.3) is 5.91 Å². The number of carbonyl (C=O) groups excluding carboxylic acids is 1. The molecule has 1 aromatic heterocycles. The zero-order chi connectivity index (χ0) is 12.4. The summed E-state index contributed by atoms with van der Waals surface area (Å²) >= 11 is 3.35. The van der Waals surface area contributed by atoms with Gasteiger partial charge in [0.2, 0.25) is 0 Å². The van der Waals surface area contributed by atoms with E-state index in [1.54, 1.807) is 18.1 Å². The van der Waals surface area contributed by atoms with Crippen LogP contribution in [0.15, 0.2) is 16.7 Å². The summed E-state index contributed by atoms with van der Waals surface area (Å²) in [6, 6.07) is 1.81. The van der Waals surface area contributed by atoms with Crippen molar-refractivity contribution in [1.29, 1.82) is 0 Å². The summed E-state index contributed by atoms with van der Waals surface area (Å²) < 4.78 is 0.819. The maximum absolute atomic E-state index is 12.3. The lowest BCUT2D eigenvalue weighted by Gasteiger charge is -2.18. The highest BCUT2D eigenvalue weighted by molar-refractivity contribution is 9.10. The number of hydrogen-bond acceptors (Lipinski definition) is 3. The summed E-state index contributed by atoms with van der Waals surface area (Å²) in [5.74, 6) is 1.35. The fraction of sp³-hybridized carbons (Fsp3) is 0.500. The third-order valence-electron chi connectivity index (χ3n) is 2.90. The van der Waals surface area contributed by atoms with E-state index in [0.29, 0.717) is 17.3 Å². The maximum atomic E-state index is 12.3. The second-order valence-corrected chi connectivity index (χ2v) is 5.34. The Balaban J connectivity index is 2.18. The van der Waals surface area contributed by atoms with Crippen molar-refractivity contribution in [2.24, 2.45) is 5.92 Å². The molecule has 0 bridgehead atoms. The van der Waals surface area contributed by atoms with Crippen LogP contribution in [0.2, 0.25) is 0 Å². The Bertz CT molecular complexity index is 432. The topological polar surface area (TPSA) is 45.2 Å². The number of halogens is 1. The third kappa shape index (κ3) is 2.97. The first-order valence-electron chi connectivity index (χ1n) is 5.70. The molecule has 0 aromatic carbocycles. The van der Waals surface area contributed by atoms with Crippen LogP contribution in [0.25, 0.3) is 0 Å². The minimum Gasteiger partial charge on any atom is -0.372 e. The van der Waals surface area contributed by atoms with E-state index in [0.717, 1.165) is 11.0 Å². The number of hydrogen-bond donors (Lipinski definition) is 1. The minimum atomic E-state index is 0.0232. The molecule has 1 heterocycles. The van der Waals surface area contributed by atoms with Crippen molar-refractivity contribution >= 4 is 27.7 Å². The number of amides is 1. The monoisotopic (exact) mass is 297 g/mol. The van der Waals surface area contributed by atoms with Gasteiger partial charge in [0, 0.05) is 31.3 Å². The number of nitrogens with one attached hydrogen (secondary N) is 1. The number of aromatic nitrogens is 1. The van der Waals surface area contributed by atoms with Crippen LogP contribution in [-0.2, 0) is 0 Å². The van der Waals surface area contributed by atoms with E-state index < -0.39 is 0 Å². The van der Waals surface area contributed by atoms with Gasteiger partial charge in [-0.15, -0.1) is 0 Å². The second kappa shape index (κ2) is 5.04. The highest BCUT2D eigenvalue weighted by Gasteiger charge is 2.26. The molecule has 4 nitrogen and oxygen atoms in total. The van der Waals surface area contributed by atoms with Gasteiger partial charge in [0.15, 0.2) is 0 Å². The van der Waals surface area contributed by atoms with Crippen LogP contribution in [0.5, 0.6) is 0 Å². The third-order valence-corrected chi connectivity index (χ3v) is 3.33. The van der Waals surface area contributed by atoms with E-state index in [2.05, 4.69) is 26.2 Å². The number of anilines is 1. The van der Waals surface area contributed by atoms with Crippen molar-refractivity contribution in [2.45, 2.75) is 12.8 Å². The molecule has 1 amide bonds. The predicted molar refractivity (Wildman–Crippen MR) is 71.2 cm³/mol. The Morgan fingerprint density at radius 1 is 1.65 bits per heavy atom. The maximum Gasteiger partial charge on any atom is 0.257 e. The summed E-state index contributed by atoms with van der Waals surface area (Å²) in [6.07, 6.45) is 4.17. The Morgan fingerprint density at radius 3 is 2.94 bits per heavy atom. The quantitative estimate of drug-likeness (QED) is 0.928. The first-order valence-corrected chi connectivity index (χ1v) is 6.50. The van der Waals surface area contributed by atoms with Crippen molar-refractivity contribution in [2.75, 3.05) is 26.0 Å². The molecule has 0 atom stereocenters. The van der Waals surface area contributed by atoms with E-state index >= 15 is 0 Å². The van der Waals surface area contributed by atoms with Gasteiger partial charge in [-0.25, -0.2) is 4.98 Å². The van der Waals surface area contributed by atoms with Gasteiger partial charge in [-0.1, -0.05) is 0 Å². The molecule has 17 heavy (non-hydrogen) atoms. The van der Waals surface area contributed by atoms with Gasteiger partial charge in [-0.05, 0) is 40.8 Å². The molecule has 1 fully saturated rings. The molecule has 1 N–H and O–H groups in total. The van der Waals surface area contributed by atoms with Gasteiger partial charge in [0.05, 0.1) is 5.56 Å². The number of carbonyl (C=O) groups is 1. The normalized spacial score (nSPS) is 14.5. The number of pyridine rings is 1. The summed E-state index contributed by atoms with van der Waals surface area (Å²) in [6.45, 7) is 0.842. The molecule has 0 radical (unpaired) electrons. The van der Waals surface area contributed by atoms with Gasteiger partial charge < -0.3 is 10.2 Å². The predicted octanol–water partition coefficient (Wildman–Crippen LogP) is 2.37. The van der Waals surface area contributed by atoms with Gasteiger partial charge in [-0.2, -0.15) is 0 Å². The summed E-state index contributed by atoms with van der Waals surface area (Å²) in [5.41, 5.74) is 0.616. The van der Waals surface area contributed by atoms with E-state index in [-0.39, 0.29) is 5.91 Å². The Kier molecular flexibility index (Phi) is 3.66. The second-order valence-electron chi connectivity index (χ2n) is 4.43. The summed E-state index contributed by atoms with van der Waals surface area (Å²) in [4.78, 5) is 18.2. The summed E-state index contributed by atoms with van der Waals surface area (Å²) in [5, 5.41) is 2.95. The first kappa shape index (κ1) is 12.4. The molecular formula is C12H16BrN3O. The molecule has 92 valence electrons. The number of rotatable bonds is 4. The van der Waals surface area contributed by atoms with Crippen LogP contribution in [0.1, 0.15) is 23.2 Å². The van der Waals surface area contributed by atoms with Crippen molar-refractivity contribution in [3.05, 3.63) is 22.3 Å². The van der Waals surface area contributed by atoms with Crippen molar-refractivity contribution in [3.8, 4) is 0 Å². The largest absolute Gasteiger partial charge is 0.372 e. The summed E-state index contributed by atoms with van der Waals surface area (Å²) in [7, 11) is 3.62. The average molecular weight is 298 g/mol. The SMILES string of the molecule is CNc1ncc(Br)cc1C(=O)N(C)CC1CC1. The van der Waals surface area contributed by atoms with Crippen LogP contribution in [0, 0.1) is 5.92 Å². The van der Waals surface area contributed by atoms with Crippen molar-refractivity contribution < 1.29 is 4.79 Å². The van der Waals surface area contributed by atoms with E-state index in [1.807, 2.05) is 13.1 Å². The van der Waals surface area contributed by atoms with Crippen LogP contribution >= 0.6 is 15.9 Å². The molecule has 5 heteroatoms. The molecule has 2 rings (SSSR count). The van der Waals surface area contributed by atoms with Gasteiger partial charge >= 0.3 is 0 Å². The minimum absolute atomic E-state index is 0.0232. The lowest BCUT2D eigenvalue weighted by molar-refractivity contribution is 0.0789. The molecule has 0 unspecified atom stereocenters. The smallest absolute Gasteiger partial charge is 0.257 e. The van der Waals surface area contributed by atoms with E-state index in [1.165, 1.54) is 12.8 Å². The van der Waals surface area contributed by atoms with Crippen LogP contribution in [0.3, 0.4) is 0 Å². The highest BCUT2D eigenvalue weighted by atomic mass is 79.9. The highest BCUT2D eigenvalue weighted by Crippen LogP contribution is 2.30. The standard InChI is InChI=1S/C12H16BrN3O/c1-14-11-10(5-9(13)6-15-11)12(17)16(2)7-8-3-4-8/h5-6,8H,3-4,7H2,1-2H3,(H,14,15). The van der Waals surface area contributed by atoms with Crippen LogP contribution < -0.4 is 5.32 Å². The lowest BCUT2D eigenvalue weighted by atomic mass is 10.2. The molecule has 1 aliphatic rings. The molecule has 0 saturated heterocycles. The lowest BCUT2D eigenvalue weighted by Crippen LogP contribution is -2.29. The zero-order valence-corrected chi connectivity index (χ0v) is 11.6. The van der Waals surface area contributed by atoms with Crippen LogP contribution in [0.4, 0.5) is 5.82 Å². The fourth-order valence-corrected chi connectivity index (χ4v) is 2.11. The van der Waals surface area contributed by atoms with E-state index in [4.69, 9.17) is 0 Å². The van der Waals surface area contributed by atoms with Crippen molar-refractivity contribution in [3.63, 3.8) is 0 Å². The zero-order valence-electron chi connectivity index (χ0n) is 10.0. The van der Waals surface area contributed by atoms with E-state index in [9.17, 15) is 4.79 Å². The Hall–Kier alpha value is -1.10. The molecule has 1 aliphatic carbocycles. The Labute approximate surface area is 110 Å². The van der Waals surface area contributed by atoms with Gasteiger partial charge in [-0.3, -0.25) is 4.79 Å². The fourth-order valence-electron chi connectivity index (χ4n) is 1.78. The molecule has 0 spiro atoms. The first-order chi connectivity index (χ1) is 8.11. The average Bonchev–Trinajstić information content (AvgIpc) is 3.11. The van der Waals surface area contributed by atoms with Gasteiger partial charge in [0.1, 0.15) is 5.82 Å². The molecule has 1 aromatic rings.